The lowest BCUT2D eigenvalue weighted by molar-refractivity contribution is -0.139. The molecule has 1 aromatic carbocycles. The van der Waals surface area contributed by atoms with E-state index in [4.69, 9.17) is 16.3 Å². The summed E-state index contributed by atoms with van der Waals surface area (Å²) in [5.41, 5.74) is 2.16. The van der Waals surface area contributed by atoms with Crippen molar-refractivity contribution in [1.82, 2.24) is 4.90 Å². The Morgan fingerprint density at radius 1 is 1.19 bits per heavy atom. The van der Waals surface area contributed by atoms with Crippen molar-refractivity contribution in [2.75, 3.05) is 14.2 Å². The molecular weight excluding hydrogens is 306 g/mol. The Labute approximate surface area is 134 Å². The lowest BCUT2D eigenvalue weighted by atomic mass is 10.0. The van der Waals surface area contributed by atoms with E-state index in [2.05, 4.69) is 18.0 Å². The number of carbonyl (C=O) groups is 1. The van der Waals surface area contributed by atoms with Crippen LogP contribution in [0.2, 0.25) is 4.34 Å². The van der Waals surface area contributed by atoms with E-state index in [-0.39, 0.29) is 5.97 Å². The monoisotopic (exact) mass is 323 g/mol. The standard InChI is InChI=1S/C16H18ClNO2S/c1-18(11-14-7-8-15(17)21-14)10-13-6-4-3-5-12(13)9-16(19)20-2/h3-8H,9-11H2,1-2H3. The third-order valence-corrected chi connectivity index (χ3v) is 4.39. The zero-order valence-corrected chi connectivity index (χ0v) is 13.7. The van der Waals surface area contributed by atoms with Gasteiger partial charge in [-0.15, -0.1) is 11.3 Å². The SMILES string of the molecule is COC(=O)Cc1ccccc1CN(C)Cc1ccc(Cl)s1. The summed E-state index contributed by atoms with van der Waals surface area (Å²) in [6.07, 6.45) is 0.311. The molecule has 3 nitrogen and oxygen atoms in total. The van der Waals surface area contributed by atoms with Crippen molar-refractivity contribution in [1.29, 1.82) is 0 Å². The van der Waals surface area contributed by atoms with Gasteiger partial charge in [0.05, 0.1) is 17.9 Å². The number of halogens is 1. The Balaban J connectivity index is 2.03. The van der Waals surface area contributed by atoms with E-state index in [1.165, 1.54) is 12.0 Å². The minimum absolute atomic E-state index is 0.213. The second kappa shape index (κ2) is 7.59. The highest BCUT2D eigenvalue weighted by Crippen LogP contribution is 2.23. The number of rotatable bonds is 6. The largest absolute Gasteiger partial charge is 0.469 e. The summed E-state index contributed by atoms with van der Waals surface area (Å²) < 4.78 is 5.56. The summed E-state index contributed by atoms with van der Waals surface area (Å²) in [6.45, 7) is 1.62. The van der Waals surface area contributed by atoms with Gasteiger partial charge in [-0.05, 0) is 30.3 Å². The maximum Gasteiger partial charge on any atom is 0.309 e. The molecule has 0 fully saturated rings. The van der Waals surface area contributed by atoms with Crippen molar-refractivity contribution in [2.24, 2.45) is 0 Å². The number of hydrogen-bond donors (Lipinski definition) is 0. The topological polar surface area (TPSA) is 29.5 Å². The number of ether oxygens (including phenoxy) is 1. The van der Waals surface area contributed by atoms with Gasteiger partial charge < -0.3 is 4.74 Å². The van der Waals surface area contributed by atoms with Crippen LogP contribution in [0.15, 0.2) is 36.4 Å². The molecule has 1 aromatic heterocycles. The number of thiophene rings is 1. The lowest BCUT2D eigenvalue weighted by Crippen LogP contribution is -2.18. The van der Waals surface area contributed by atoms with Crippen LogP contribution in [0.3, 0.4) is 0 Å². The number of esters is 1. The molecule has 0 aliphatic heterocycles. The molecule has 0 aliphatic carbocycles. The Morgan fingerprint density at radius 3 is 2.52 bits per heavy atom. The molecule has 0 amide bonds. The van der Waals surface area contributed by atoms with Crippen LogP contribution in [-0.4, -0.2) is 25.0 Å². The van der Waals surface area contributed by atoms with Gasteiger partial charge in [-0.3, -0.25) is 9.69 Å². The third-order valence-electron chi connectivity index (χ3n) is 3.18. The lowest BCUT2D eigenvalue weighted by Gasteiger charge is -2.18. The fraction of sp³-hybridized carbons (Fsp3) is 0.312. The van der Waals surface area contributed by atoms with Crippen molar-refractivity contribution >= 4 is 28.9 Å². The van der Waals surface area contributed by atoms with Crippen LogP contribution in [0, 0.1) is 0 Å². The average molecular weight is 324 g/mol. The molecule has 0 saturated carbocycles. The van der Waals surface area contributed by atoms with Gasteiger partial charge in [-0.1, -0.05) is 35.9 Å². The highest BCUT2D eigenvalue weighted by molar-refractivity contribution is 7.16. The second-order valence-electron chi connectivity index (χ2n) is 4.90. The molecule has 0 aliphatic rings. The fourth-order valence-corrected chi connectivity index (χ4v) is 3.33. The smallest absolute Gasteiger partial charge is 0.309 e. The van der Waals surface area contributed by atoms with E-state index >= 15 is 0 Å². The van der Waals surface area contributed by atoms with E-state index in [0.717, 1.165) is 28.6 Å². The summed E-state index contributed by atoms with van der Waals surface area (Å²) in [7, 11) is 3.47. The molecule has 1 heterocycles. The molecule has 0 N–H and O–H groups in total. The van der Waals surface area contributed by atoms with Gasteiger partial charge in [0.15, 0.2) is 0 Å². The van der Waals surface area contributed by atoms with Crippen LogP contribution >= 0.6 is 22.9 Å². The van der Waals surface area contributed by atoms with Gasteiger partial charge in [-0.25, -0.2) is 0 Å². The van der Waals surface area contributed by atoms with E-state index < -0.39 is 0 Å². The van der Waals surface area contributed by atoms with E-state index in [0.29, 0.717) is 6.42 Å². The number of benzene rings is 1. The van der Waals surface area contributed by atoms with Gasteiger partial charge in [0, 0.05) is 18.0 Å². The van der Waals surface area contributed by atoms with Crippen LogP contribution in [0.5, 0.6) is 0 Å². The Kier molecular flexibility index (Phi) is 5.79. The van der Waals surface area contributed by atoms with Crippen molar-refractivity contribution in [3.8, 4) is 0 Å². The predicted octanol–water partition coefficient (Wildman–Crippen LogP) is 3.75. The van der Waals surface area contributed by atoms with Crippen LogP contribution in [0.25, 0.3) is 0 Å². The highest BCUT2D eigenvalue weighted by atomic mass is 35.5. The molecule has 0 radical (unpaired) electrons. The van der Waals surface area contributed by atoms with Gasteiger partial charge in [0.25, 0.3) is 0 Å². The second-order valence-corrected chi connectivity index (χ2v) is 6.70. The first-order chi connectivity index (χ1) is 10.1. The summed E-state index contributed by atoms with van der Waals surface area (Å²) in [5, 5.41) is 0. The van der Waals surface area contributed by atoms with Crippen molar-refractivity contribution in [2.45, 2.75) is 19.5 Å². The summed E-state index contributed by atoms with van der Waals surface area (Å²) in [5.74, 6) is -0.213. The number of nitrogens with zero attached hydrogens (tertiary/aromatic N) is 1. The summed E-state index contributed by atoms with van der Waals surface area (Å²) in [4.78, 5) is 14.9. The average Bonchev–Trinajstić information content (AvgIpc) is 2.86. The molecule has 0 unspecified atom stereocenters. The molecule has 2 aromatic rings. The zero-order chi connectivity index (χ0) is 15.2. The molecule has 5 heteroatoms. The molecule has 0 spiro atoms. The molecule has 0 bridgehead atoms. The Hall–Kier alpha value is -1.36. The quantitative estimate of drug-likeness (QED) is 0.758. The molecular formula is C16H18ClNO2S. The third kappa shape index (κ3) is 4.84. The van der Waals surface area contributed by atoms with Crippen LogP contribution in [0.4, 0.5) is 0 Å². The van der Waals surface area contributed by atoms with E-state index in [9.17, 15) is 4.79 Å². The first-order valence-corrected chi connectivity index (χ1v) is 7.84. The maximum atomic E-state index is 11.5. The van der Waals surface area contributed by atoms with Crippen molar-refractivity contribution in [3.05, 3.63) is 56.7 Å². The molecule has 112 valence electrons. The van der Waals surface area contributed by atoms with Crippen molar-refractivity contribution < 1.29 is 9.53 Å². The van der Waals surface area contributed by atoms with Crippen LogP contribution in [0.1, 0.15) is 16.0 Å². The number of hydrogen-bond acceptors (Lipinski definition) is 4. The van der Waals surface area contributed by atoms with Crippen LogP contribution in [-0.2, 0) is 29.0 Å². The van der Waals surface area contributed by atoms with Crippen molar-refractivity contribution in [3.63, 3.8) is 0 Å². The summed E-state index contributed by atoms with van der Waals surface area (Å²) >= 11 is 7.55. The first kappa shape index (κ1) is 16.0. The number of methoxy groups -OCH3 is 1. The molecule has 2 rings (SSSR count). The number of carbonyl (C=O) groups excluding carboxylic acids is 1. The first-order valence-electron chi connectivity index (χ1n) is 6.65. The minimum atomic E-state index is -0.213. The normalized spacial score (nSPS) is 10.9. The minimum Gasteiger partial charge on any atom is -0.469 e. The molecule has 0 saturated heterocycles. The van der Waals surface area contributed by atoms with Gasteiger partial charge in [0.2, 0.25) is 0 Å². The zero-order valence-electron chi connectivity index (χ0n) is 12.1. The van der Waals surface area contributed by atoms with Gasteiger partial charge in [-0.2, -0.15) is 0 Å². The molecule has 0 atom stereocenters. The summed E-state index contributed by atoms with van der Waals surface area (Å²) in [6, 6.07) is 11.9. The molecule has 21 heavy (non-hydrogen) atoms. The highest BCUT2D eigenvalue weighted by Gasteiger charge is 2.10. The van der Waals surface area contributed by atoms with E-state index in [1.54, 1.807) is 11.3 Å². The van der Waals surface area contributed by atoms with E-state index in [1.807, 2.05) is 30.3 Å². The van der Waals surface area contributed by atoms with Crippen LogP contribution < -0.4 is 0 Å². The maximum absolute atomic E-state index is 11.5. The predicted molar refractivity (Wildman–Crippen MR) is 86.7 cm³/mol. The Morgan fingerprint density at radius 2 is 1.90 bits per heavy atom. The van der Waals surface area contributed by atoms with Gasteiger partial charge >= 0.3 is 5.97 Å². The fourth-order valence-electron chi connectivity index (χ4n) is 2.16. The van der Waals surface area contributed by atoms with Gasteiger partial charge in [0.1, 0.15) is 0 Å². The Bertz CT molecular complexity index is 612.